The van der Waals surface area contributed by atoms with Gasteiger partial charge in [-0.3, -0.25) is 9.59 Å². The first-order chi connectivity index (χ1) is 22.3. The first kappa shape index (κ1) is 33.0. The number of morpholine rings is 1. The van der Waals surface area contributed by atoms with Crippen molar-refractivity contribution in [2.75, 3.05) is 26.7 Å². The quantitative estimate of drug-likeness (QED) is 0.366. The topological polar surface area (TPSA) is 97.3 Å². The third-order valence-electron chi connectivity index (χ3n) is 16.6. The summed E-state index contributed by atoms with van der Waals surface area (Å²) in [6.45, 7) is 14.1. The predicted octanol–water partition coefficient (Wildman–Crippen LogP) is 5.70. The standard InChI is InChI=1S/C39H62N2O6/c1-23-19-25(9-12-29(42)40-6)46-33-32(23)36(4)15-16-39-22-38(39)14-13-28(35(2,3)26(38)10-11-27(39)37(36,5)34(33)44)47-31-21-41(17-18-45-31)30(43)20-24-7-8-24/h23-28,31-34,44H,7-22H2,1-6H3,(H,40,42). The molecule has 2 amide bonds. The number of nitrogens with zero attached hydrogens (tertiary/aromatic N) is 1. The Kier molecular flexibility index (Phi) is 7.81. The lowest BCUT2D eigenvalue weighted by Gasteiger charge is -2.64. The number of carbonyl (C=O) groups excluding carboxylic acids is 2. The average molecular weight is 655 g/mol. The van der Waals surface area contributed by atoms with Crippen LogP contribution in [0.4, 0.5) is 0 Å². The number of nitrogens with one attached hydrogen (secondary N) is 1. The molecule has 47 heavy (non-hydrogen) atoms. The largest absolute Gasteiger partial charge is 0.390 e. The van der Waals surface area contributed by atoms with E-state index in [-0.39, 0.29) is 52.7 Å². The summed E-state index contributed by atoms with van der Waals surface area (Å²) in [5, 5.41) is 15.2. The number of rotatable bonds is 7. The molecule has 8 nitrogen and oxygen atoms in total. The van der Waals surface area contributed by atoms with Crippen molar-refractivity contribution >= 4 is 11.8 Å². The van der Waals surface area contributed by atoms with Gasteiger partial charge in [-0.25, -0.2) is 0 Å². The summed E-state index contributed by atoms with van der Waals surface area (Å²) in [4.78, 5) is 26.9. The van der Waals surface area contributed by atoms with Crippen LogP contribution in [0.3, 0.4) is 0 Å². The summed E-state index contributed by atoms with van der Waals surface area (Å²) in [6, 6.07) is 0. The second-order valence-electron chi connectivity index (χ2n) is 18.8. The van der Waals surface area contributed by atoms with E-state index < -0.39 is 6.10 Å². The summed E-state index contributed by atoms with van der Waals surface area (Å²) in [7, 11) is 1.70. The van der Waals surface area contributed by atoms with E-state index in [1.165, 1.54) is 51.4 Å². The minimum absolute atomic E-state index is 0.0238. The van der Waals surface area contributed by atoms with E-state index in [1.54, 1.807) is 7.05 Å². The number of hydrogen-bond donors (Lipinski definition) is 2. The molecule has 0 aromatic carbocycles. The van der Waals surface area contributed by atoms with Gasteiger partial charge in [-0.15, -0.1) is 0 Å². The fraction of sp³-hybridized carbons (Fsp3) is 0.949. The average Bonchev–Trinajstić information content (AvgIpc) is 3.96. The Morgan fingerprint density at radius 1 is 1.00 bits per heavy atom. The highest BCUT2D eigenvalue weighted by molar-refractivity contribution is 5.77. The molecule has 8 fully saturated rings. The Morgan fingerprint density at radius 3 is 2.49 bits per heavy atom. The molecule has 8 heteroatoms. The Labute approximate surface area is 282 Å². The maximum atomic E-state index is 12.9. The highest BCUT2D eigenvalue weighted by Gasteiger charge is 2.84. The number of hydrogen-bond acceptors (Lipinski definition) is 6. The van der Waals surface area contributed by atoms with E-state index in [2.05, 4.69) is 39.9 Å². The highest BCUT2D eigenvalue weighted by atomic mass is 16.7. The van der Waals surface area contributed by atoms with Gasteiger partial charge >= 0.3 is 0 Å². The van der Waals surface area contributed by atoms with Crippen molar-refractivity contribution in [1.82, 2.24) is 10.2 Å². The van der Waals surface area contributed by atoms with Gasteiger partial charge in [0.15, 0.2) is 6.29 Å². The molecule has 13 atom stereocenters. The van der Waals surface area contributed by atoms with Gasteiger partial charge in [-0.2, -0.15) is 0 Å². The highest BCUT2D eigenvalue weighted by Crippen LogP contribution is 2.89. The van der Waals surface area contributed by atoms with Crippen molar-refractivity contribution in [3.8, 4) is 0 Å². The first-order valence-electron chi connectivity index (χ1n) is 19.4. The van der Waals surface area contributed by atoms with Crippen molar-refractivity contribution in [3.63, 3.8) is 0 Å². The van der Waals surface area contributed by atoms with Gasteiger partial charge in [0.2, 0.25) is 11.8 Å². The third-order valence-corrected chi connectivity index (χ3v) is 16.6. The fourth-order valence-corrected chi connectivity index (χ4v) is 14.0. The lowest BCUT2D eigenvalue weighted by Crippen LogP contribution is -2.60. The Hall–Kier alpha value is -1.22. The van der Waals surface area contributed by atoms with Crippen LogP contribution in [0.15, 0.2) is 0 Å². The van der Waals surface area contributed by atoms with Crippen LogP contribution in [0.1, 0.15) is 118 Å². The maximum Gasteiger partial charge on any atom is 0.223 e. The van der Waals surface area contributed by atoms with Gasteiger partial charge in [-0.1, -0.05) is 34.6 Å². The molecule has 6 saturated carbocycles. The second kappa shape index (κ2) is 11.1. The molecule has 2 saturated heterocycles. The number of aliphatic hydroxyl groups is 1. The summed E-state index contributed by atoms with van der Waals surface area (Å²) >= 11 is 0. The number of carbonyl (C=O) groups is 2. The zero-order valence-electron chi connectivity index (χ0n) is 30.0. The van der Waals surface area contributed by atoms with Crippen molar-refractivity contribution < 1.29 is 28.9 Å². The summed E-state index contributed by atoms with van der Waals surface area (Å²) in [5.74, 6) is 2.87. The van der Waals surface area contributed by atoms with Crippen LogP contribution in [0, 0.1) is 56.7 Å². The molecule has 2 heterocycles. The van der Waals surface area contributed by atoms with Crippen molar-refractivity contribution in [1.29, 1.82) is 0 Å². The summed E-state index contributed by atoms with van der Waals surface area (Å²) < 4.78 is 19.8. The van der Waals surface area contributed by atoms with Crippen LogP contribution in [-0.4, -0.2) is 79.3 Å². The fourth-order valence-electron chi connectivity index (χ4n) is 14.0. The van der Waals surface area contributed by atoms with E-state index >= 15 is 0 Å². The molecule has 2 aliphatic heterocycles. The van der Waals surface area contributed by atoms with Gasteiger partial charge in [0.05, 0.1) is 37.6 Å². The van der Waals surface area contributed by atoms with Gasteiger partial charge in [0.1, 0.15) is 0 Å². The van der Waals surface area contributed by atoms with Crippen LogP contribution in [-0.2, 0) is 23.8 Å². The van der Waals surface area contributed by atoms with E-state index in [1.807, 2.05) is 4.90 Å². The molecule has 13 unspecified atom stereocenters. The van der Waals surface area contributed by atoms with Gasteiger partial charge in [0, 0.05) is 31.8 Å². The van der Waals surface area contributed by atoms with Crippen molar-refractivity contribution in [3.05, 3.63) is 0 Å². The van der Waals surface area contributed by atoms with Crippen LogP contribution in [0.25, 0.3) is 0 Å². The number of fused-ring (bicyclic) bond motifs is 4. The van der Waals surface area contributed by atoms with Crippen molar-refractivity contribution in [2.45, 2.75) is 149 Å². The molecule has 6 aliphatic carbocycles. The Bertz CT molecular complexity index is 1270. The van der Waals surface area contributed by atoms with Crippen LogP contribution in [0.5, 0.6) is 0 Å². The SMILES string of the molecule is CNC(=O)CCC1CC(C)C2C(O1)C(O)C1(C)C3CCC4C(C)(C)C(OC5CN(C(=O)CC6CC6)CCO5)CCC45CC35CCC21C. The summed E-state index contributed by atoms with van der Waals surface area (Å²) in [6.07, 6.45) is 12.8. The van der Waals surface area contributed by atoms with Crippen LogP contribution < -0.4 is 5.32 Å². The molecular weight excluding hydrogens is 592 g/mol. The van der Waals surface area contributed by atoms with Crippen LogP contribution in [0.2, 0.25) is 0 Å². The minimum atomic E-state index is -0.471. The first-order valence-corrected chi connectivity index (χ1v) is 19.4. The monoisotopic (exact) mass is 654 g/mol. The number of amides is 2. The molecule has 0 aromatic rings. The van der Waals surface area contributed by atoms with E-state index in [9.17, 15) is 14.7 Å². The molecular formula is C39H62N2O6. The lowest BCUT2D eigenvalue weighted by atomic mass is 9.41. The normalized spacial score (nSPS) is 51.1. The number of aliphatic hydroxyl groups excluding tert-OH is 1. The van der Waals surface area contributed by atoms with E-state index in [4.69, 9.17) is 14.2 Å². The molecule has 8 rings (SSSR count). The smallest absolute Gasteiger partial charge is 0.223 e. The van der Waals surface area contributed by atoms with Gasteiger partial charge in [-0.05, 0) is 122 Å². The molecule has 0 radical (unpaired) electrons. The van der Waals surface area contributed by atoms with Gasteiger partial charge < -0.3 is 29.5 Å². The van der Waals surface area contributed by atoms with Gasteiger partial charge in [0.25, 0.3) is 0 Å². The Balaban J connectivity index is 0.987. The zero-order chi connectivity index (χ0) is 33.1. The second-order valence-corrected chi connectivity index (χ2v) is 18.8. The number of ether oxygens (including phenoxy) is 3. The lowest BCUT2D eigenvalue weighted by molar-refractivity contribution is -0.248. The molecule has 2 N–H and O–H groups in total. The molecule has 8 aliphatic rings. The third kappa shape index (κ3) is 4.65. The zero-order valence-corrected chi connectivity index (χ0v) is 30.0. The van der Waals surface area contributed by atoms with Crippen molar-refractivity contribution in [2.24, 2.45) is 56.7 Å². The summed E-state index contributed by atoms with van der Waals surface area (Å²) in [5.41, 5.74) is 0.528. The minimum Gasteiger partial charge on any atom is -0.390 e. The van der Waals surface area contributed by atoms with E-state index in [0.717, 1.165) is 19.3 Å². The Morgan fingerprint density at radius 2 is 1.74 bits per heavy atom. The molecule has 0 aromatic heterocycles. The van der Waals surface area contributed by atoms with E-state index in [0.29, 0.717) is 73.0 Å². The molecule has 2 spiro atoms. The maximum absolute atomic E-state index is 12.9. The molecule has 264 valence electrons. The van der Waals surface area contributed by atoms with Crippen LogP contribution >= 0.6 is 0 Å². The predicted molar refractivity (Wildman–Crippen MR) is 178 cm³/mol. The molecule has 0 bridgehead atoms.